The van der Waals surface area contributed by atoms with E-state index in [0.29, 0.717) is 23.2 Å². The van der Waals surface area contributed by atoms with Gasteiger partial charge >= 0.3 is 0 Å². The first-order valence-electron chi connectivity index (χ1n) is 5.76. The first-order chi connectivity index (χ1) is 8.75. The van der Waals surface area contributed by atoms with Crippen LogP contribution in [0.2, 0.25) is 0 Å². The fraction of sp³-hybridized carbons (Fsp3) is 0.455. The van der Waals surface area contributed by atoms with E-state index in [1.165, 1.54) is 12.8 Å². The Balaban J connectivity index is 1.72. The number of aromatic nitrogens is 3. The summed E-state index contributed by atoms with van der Waals surface area (Å²) >= 11 is 0. The van der Waals surface area contributed by atoms with Crippen LogP contribution in [0, 0.1) is 0 Å². The van der Waals surface area contributed by atoms with Gasteiger partial charge in [-0.05, 0) is 19.8 Å². The lowest BCUT2D eigenvalue weighted by atomic mass is 10.2. The highest BCUT2D eigenvalue weighted by Crippen LogP contribution is 2.41. The Kier molecular flexibility index (Phi) is 2.58. The van der Waals surface area contributed by atoms with Crippen molar-refractivity contribution in [3.05, 3.63) is 30.1 Å². The van der Waals surface area contributed by atoms with E-state index in [2.05, 4.69) is 25.0 Å². The van der Waals surface area contributed by atoms with E-state index in [9.17, 15) is 4.79 Å². The molecule has 0 bridgehead atoms. The Morgan fingerprint density at radius 1 is 1.44 bits per heavy atom. The monoisotopic (exact) mass is 248 g/mol. The molecule has 7 nitrogen and oxygen atoms in total. The molecule has 1 saturated carbocycles. The van der Waals surface area contributed by atoms with Gasteiger partial charge in [-0.3, -0.25) is 4.79 Å². The molecular weight excluding hydrogens is 236 g/mol. The molecular formula is C11H12N4O3. The lowest BCUT2D eigenvalue weighted by molar-refractivity contribution is 0.0931. The number of carbonyl (C=O) groups is 1. The van der Waals surface area contributed by atoms with Crippen LogP contribution in [0.25, 0.3) is 0 Å². The van der Waals surface area contributed by atoms with Gasteiger partial charge in [-0.25, -0.2) is 4.98 Å². The normalized spacial score (nSPS) is 16.5. The molecule has 2 aromatic rings. The van der Waals surface area contributed by atoms with Crippen LogP contribution >= 0.6 is 0 Å². The Labute approximate surface area is 103 Å². The lowest BCUT2D eigenvalue weighted by Gasteiger charge is -2.08. The molecule has 1 amide bonds. The molecule has 3 rings (SSSR count). The first-order valence-corrected chi connectivity index (χ1v) is 5.76. The van der Waals surface area contributed by atoms with Crippen molar-refractivity contribution in [1.82, 2.24) is 20.4 Å². The van der Waals surface area contributed by atoms with Crippen molar-refractivity contribution in [2.75, 3.05) is 0 Å². The minimum Gasteiger partial charge on any atom is -0.447 e. The van der Waals surface area contributed by atoms with Crippen LogP contribution in [0.3, 0.4) is 0 Å². The average Bonchev–Trinajstić information content (AvgIpc) is 2.90. The van der Waals surface area contributed by atoms with Crippen LogP contribution in [-0.4, -0.2) is 21.0 Å². The zero-order valence-electron chi connectivity index (χ0n) is 9.79. The number of nitrogens with zero attached hydrogens (tertiary/aromatic N) is 3. The molecule has 0 aliphatic heterocycles. The summed E-state index contributed by atoms with van der Waals surface area (Å²) in [5.74, 6) is 1.17. The summed E-state index contributed by atoms with van der Waals surface area (Å²) in [6.07, 6.45) is 4.64. The molecule has 1 aliphatic rings. The molecule has 7 heteroatoms. The largest absolute Gasteiger partial charge is 0.447 e. The topological polar surface area (TPSA) is 94.1 Å². The highest BCUT2D eigenvalue weighted by molar-refractivity contribution is 5.93. The van der Waals surface area contributed by atoms with Crippen LogP contribution in [0.1, 0.15) is 53.8 Å². The summed E-state index contributed by atoms with van der Waals surface area (Å²) in [7, 11) is 0. The number of carbonyl (C=O) groups excluding carboxylic acids is 1. The fourth-order valence-corrected chi connectivity index (χ4v) is 1.76. The van der Waals surface area contributed by atoms with Crippen LogP contribution in [-0.2, 0) is 0 Å². The van der Waals surface area contributed by atoms with Gasteiger partial charge in [0, 0.05) is 5.92 Å². The van der Waals surface area contributed by atoms with Crippen LogP contribution in [0.5, 0.6) is 0 Å². The van der Waals surface area contributed by atoms with Gasteiger partial charge in [-0.15, -0.1) is 0 Å². The predicted molar refractivity (Wildman–Crippen MR) is 58.7 cm³/mol. The van der Waals surface area contributed by atoms with Crippen molar-refractivity contribution < 1.29 is 13.7 Å². The van der Waals surface area contributed by atoms with Gasteiger partial charge in [0.05, 0.1) is 6.04 Å². The predicted octanol–water partition coefficient (Wildman–Crippen LogP) is 1.43. The van der Waals surface area contributed by atoms with Crippen molar-refractivity contribution in [3.63, 3.8) is 0 Å². The average molecular weight is 248 g/mol. The lowest BCUT2D eigenvalue weighted by Crippen LogP contribution is -2.28. The number of hydrogen-bond acceptors (Lipinski definition) is 6. The van der Waals surface area contributed by atoms with E-state index >= 15 is 0 Å². The molecule has 94 valence electrons. The molecule has 18 heavy (non-hydrogen) atoms. The molecule has 2 aromatic heterocycles. The molecule has 1 atom stereocenters. The molecule has 0 aromatic carbocycles. The number of nitrogens with one attached hydrogen (secondary N) is 1. The number of oxazole rings is 1. The van der Waals surface area contributed by atoms with E-state index in [4.69, 9.17) is 4.42 Å². The quantitative estimate of drug-likeness (QED) is 0.879. The summed E-state index contributed by atoms with van der Waals surface area (Å²) < 4.78 is 9.89. The minimum absolute atomic E-state index is 0.275. The van der Waals surface area contributed by atoms with E-state index < -0.39 is 0 Å². The van der Waals surface area contributed by atoms with Gasteiger partial charge in [0.15, 0.2) is 17.9 Å². The molecule has 0 radical (unpaired) electrons. The zero-order chi connectivity index (χ0) is 12.5. The van der Waals surface area contributed by atoms with E-state index in [-0.39, 0.29) is 11.9 Å². The smallest absolute Gasteiger partial charge is 0.274 e. The molecule has 2 heterocycles. The summed E-state index contributed by atoms with van der Waals surface area (Å²) in [5.41, 5.74) is 0.354. The third kappa shape index (κ3) is 1.99. The third-order valence-corrected chi connectivity index (χ3v) is 2.87. The van der Waals surface area contributed by atoms with Crippen molar-refractivity contribution in [3.8, 4) is 0 Å². The summed E-state index contributed by atoms with van der Waals surface area (Å²) in [6.45, 7) is 1.78. The van der Waals surface area contributed by atoms with Gasteiger partial charge < -0.3 is 14.3 Å². The Hall–Kier alpha value is -2.18. The number of amides is 1. The fourth-order valence-electron chi connectivity index (χ4n) is 1.76. The number of rotatable bonds is 4. The van der Waals surface area contributed by atoms with Crippen LogP contribution in [0.15, 0.2) is 21.7 Å². The Morgan fingerprint density at radius 2 is 2.28 bits per heavy atom. The maximum atomic E-state index is 12.0. The molecule has 1 N–H and O–H groups in total. The second kappa shape index (κ2) is 4.25. The summed E-state index contributed by atoms with van der Waals surface area (Å²) in [4.78, 5) is 19.9. The Bertz CT molecular complexity index is 544. The van der Waals surface area contributed by atoms with Gasteiger partial charge in [-0.2, -0.15) is 4.98 Å². The minimum atomic E-state index is -0.333. The van der Waals surface area contributed by atoms with Gasteiger partial charge in [0.2, 0.25) is 6.39 Å². The van der Waals surface area contributed by atoms with Crippen LogP contribution in [0.4, 0.5) is 0 Å². The standard InChI is InChI=1S/C11H12N4O3/c1-6(10-13-5-18-15-10)14-11(16)8-9(7-2-3-7)17-4-12-8/h4-7H,2-3H2,1H3,(H,14,16). The van der Waals surface area contributed by atoms with Crippen molar-refractivity contribution in [1.29, 1.82) is 0 Å². The zero-order valence-corrected chi connectivity index (χ0v) is 9.79. The molecule has 0 spiro atoms. The van der Waals surface area contributed by atoms with Crippen molar-refractivity contribution in [2.45, 2.75) is 31.7 Å². The maximum Gasteiger partial charge on any atom is 0.274 e. The molecule has 1 aliphatic carbocycles. The highest BCUT2D eigenvalue weighted by atomic mass is 16.5. The first kappa shape index (κ1) is 10.9. The maximum absolute atomic E-state index is 12.0. The van der Waals surface area contributed by atoms with Gasteiger partial charge in [0.1, 0.15) is 5.76 Å². The molecule has 1 fully saturated rings. The Morgan fingerprint density at radius 3 is 2.94 bits per heavy atom. The van der Waals surface area contributed by atoms with E-state index in [0.717, 1.165) is 12.8 Å². The summed E-state index contributed by atoms with van der Waals surface area (Å²) in [5, 5.41) is 6.44. The third-order valence-electron chi connectivity index (χ3n) is 2.87. The molecule has 1 unspecified atom stereocenters. The SMILES string of the molecule is CC(NC(=O)c1ncoc1C1CC1)c1ncon1. The van der Waals surface area contributed by atoms with Gasteiger partial charge in [-0.1, -0.05) is 5.16 Å². The summed E-state index contributed by atoms with van der Waals surface area (Å²) in [6, 6.07) is -0.333. The highest BCUT2D eigenvalue weighted by Gasteiger charge is 2.32. The van der Waals surface area contributed by atoms with Crippen molar-refractivity contribution >= 4 is 5.91 Å². The van der Waals surface area contributed by atoms with Crippen molar-refractivity contribution in [2.24, 2.45) is 0 Å². The van der Waals surface area contributed by atoms with Gasteiger partial charge in [0.25, 0.3) is 5.91 Å². The van der Waals surface area contributed by atoms with E-state index in [1.807, 2.05) is 0 Å². The van der Waals surface area contributed by atoms with E-state index in [1.54, 1.807) is 6.92 Å². The van der Waals surface area contributed by atoms with Crippen LogP contribution < -0.4 is 5.32 Å². The second-order valence-corrected chi connectivity index (χ2v) is 4.32. The number of hydrogen-bond donors (Lipinski definition) is 1. The molecule has 0 saturated heterocycles. The second-order valence-electron chi connectivity index (χ2n) is 4.32.